The number of hydrogen-bond acceptors (Lipinski definition) is 5. The smallest absolute Gasteiger partial charge is 0.793 e. The van der Waals surface area contributed by atoms with Gasteiger partial charge in [-0.3, -0.25) is 0 Å². The maximum Gasteiger partial charge on any atom is 1.00 e. The molecule has 0 spiro atoms. The Morgan fingerprint density at radius 1 is 1.44 bits per heavy atom. The Kier molecular flexibility index (Phi) is 11.0. The molecule has 1 atom stereocenters. The van der Waals surface area contributed by atoms with Crippen LogP contribution in [0.25, 0.3) is 0 Å². The summed E-state index contributed by atoms with van der Waals surface area (Å²) < 4.78 is 17.5. The van der Waals surface area contributed by atoms with Gasteiger partial charge in [0, 0.05) is 44.3 Å². The molecule has 1 N–H and O–H groups in total. The second-order valence-corrected chi connectivity index (χ2v) is 7.96. The molecular formula is C11H23NaO4SSi. The Balaban J connectivity index is 0.00000289. The fourth-order valence-electron chi connectivity index (χ4n) is 1.54. The number of rotatable bonds is 7. The van der Waals surface area contributed by atoms with Gasteiger partial charge in [0.15, 0.2) is 0 Å². The number of aliphatic hydroxyl groups is 1. The minimum Gasteiger partial charge on any atom is -0.793 e. The quantitative estimate of drug-likeness (QED) is 0.444. The molecule has 0 aliphatic carbocycles. The van der Waals surface area contributed by atoms with Gasteiger partial charge in [-0.1, -0.05) is 20.3 Å². The average Bonchev–Trinajstić information content (AvgIpc) is 2.36. The van der Waals surface area contributed by atoms with Gasteiger partial charge in [-0.15, -0.1) is 0 Å². The Bertz CT molecular complexity index is 210. The van der Waals surface area contributed by atoms with E-state index >= 15 is 0 Å². The number of hydrogen-bond donors (Lipinski definition) is 1. The van der Waals surface area contributed by atoms with Crippen molar-refractivity contribution >= 4 is 21.4 Å². The zero-order valence-corrected chi connectivity index (χ0v) is 15.5. The van der Waals surface area contributed by atoms with Crippen LogP contribution in [0.1, 0.15) is 20.3 Å². The van der Waals surface area contributed by atoms with E-state index < -0.39 is 8.80 Å². The zero-order chi connectivity index (χ0) is 12.7. The molecule has 1 unspecified atom stereocenters. The normalized spacial score (nSPS) is 29.7. The van der Waals surface area contributed by atoms with Gasteiger partial charge in [0.2, 0.25) is 0 Å². The summed E-state index contributed by atoms with van der Waals surface area (Å²) in [6.45, 7) is 6.08. The van der Waals surface area contributed by atoms with Crippen molar-refractivity contribution < 1.29 is 47.9 Å². The van der Waals surface area contributed by atoms with E-state index in [4.69, 9.17) is 31.0 Å². The van der Waals surface area contributed by atoms with Crippen LogP contribution in [0, 0.1) is 11.8 Å². The van der Waals surface area contributed by atoms with Crippen LogP contribution in [0.15, 0.2) is 0 Å². The predicted octanol–water partition coefficient (Wildman–Crippen LogP) is -1.81. The average molecular weight is 302 g/mol. The van der Waals surface area contributed by atoms with Crippen molar-refractivity contribution in [3.05, 3.63) is 0 Å². The van der Waals surface area contributed by atoms with Crippen LogP contribution in [0.5, 0.6) is 0 Å². The summed E-state index contributed by atoms with van der Waals surface area (Å²) in [5.74, 6) is 1.25. The maximum atomic E-state index is 9.00. The van der Waals surface area contributed by atoms with Gasteiger partial charge in [-0.2, -0.15) is 5.75 Å². The van der Waals surface area contributed by atoms with E-state index in [0.29, 0.717) is 31.5 Å². The second-order valence-electron chi connectivity index (χ2n) is 4.82. The van der Waals surface area contributed by atoms with E-state index in [1.807, 2.05) is 6.92 Å². The summed E-state index contributed by atoms with van der Waals surface area (Å²) in [6.07, 6.45) is 0.892. The molecule has 0 amide bonds. The van der Waals surface area contributed by atoms with Gasteiger partial charge < -0.3 is 31.0 Å². The summed E-state index contributed by atoms with van der Waals surface area (Å²) >= 11 is 4.97. The molecule has 0 aromatic heterocycles. The van der Waals surface area contributed by atoms with Crippen molar-refractivity contribution in [1.29, 1.82) is 0 Å². The number of aliphatic hydroxyl groups excluding tert-OH is 1. The van der Waals surface area contributed by atoms with Gasteiger partial charge in [-0.05, 0) is 0 Å². The van der Waals surface area contributed by atoms with E-state index in [1.54, 1.807) is 0 Å². The summed E-state index contributed by atoms with van der Waals surface area (Å²) in [7, 11) is -2.50. The van der Waals surface area contributed by atoms with Crippen molar-refractivity contribution in [1.82, 2.24) is 0 Å². The molecule has 0 radical (unpaired) electrons. The monoisotopic (exact) mass is 302 g/mol. The van der Waals surface area contributed by atoms with E-state index in [1.165, 1.54) is 0 Å². The van der Waals surface area contributed by atoms with Crippen molar-refractivity contribution in [3.63, 3.8) is 0 Å². The van der Waals surface area contributed by atoms with Crippen molar-refractivity contribution in [3.8, 4) is 0 Å². The third-order valence-corrected chi connectivity index (χ3v) is 5.78. The minimum atomic E-state index is -2.50. The molecule has 1 aliphatic rings. The topological polar surface area (TPSA) is 47.9 Å². The Labute approximate surface area is 139 Å². The molecule has 1 saturated heterocycles. The fraction of sp³-hybridized carbons (Fsp3) is 1.00. The van der Waals surface area contributed by atoms with Gasteiger partial charge in [-0.25, -0.2) is 0 Å². The molecule has 102 valence electrons. The standard InChI is InChI=1S/C11H24O4SSi.Na/c1-10(6-12)7-13-17(5-3-4-16)14-8-11(2)9-15-17;/h10-12,16H,3-9H2,1-2H3;/q;+1/p-1. The first kappa shape index (κ1) is 19.4. The first-order valence-corrected chi connectivity index (χ1v) is 8.73. The van der Waals surface area contributed by atoms with Crippen LogP contribution >= 0.6 is 0 Å². The van der Waals surface area contributed by atoms with Crippen LogP contribution in [-0.2, 0) is 25.9 Å². The summed E-state index contributed by atoms with van der Waals surface area (Å²) in [5, 5.41) is 9.00. The molecule has 0 aromatic rings. The molecule has 0 aromatic carbocycles. The van der Waals surface area contributed by atoms with Crippen LogP contribution < -0.4 is 29.6 Å². The molecule has 1 rings (SSSR count). The van der Waals surface area contributed by atoms with E-state index in [9.17, 15) is 0 Å². The molecule has 1 aliphatic heterocycles. The van der Waals surface area contributed by atoms with Crippen molar-refractivity contribution in [2.45, 2.75) is 26.3 Å². The molecule has 7 heteroatoms. The Morgan fingerprint density at radius 3 is 2.56 bits per heavy atom. The van der Waals surface area contributed by atoms with Gasteiger partial charge in [0.05, 0.1) is 0 Å². The zero-order valence-electron chi connectivity index (χ0n) is 11.7. The Hall–Kier alpha value is 1.41. The van der Waals surface area contributed by atoms with Crippen LogP contribution in [0.2, 0.25) is 6.04 Å². The predicted molar refractivity (Wildman–Crippen MR) is 70.7 cm³/mol. The molecule has 4 nitrogen and oxygen atoms in total. The van der Waals surface area contributed by atoms with Crippen molar-refractivity contribution in [2.75, 3.05) is 32.2 Å². The van der Waals surface area contributed by atoms with E-state index in [0.717, 1.165) is 12.5 Å². The molecular weight excluding hydrogens is 279 g/mol. The first-order chi connectivity index (χ1) is 8.12. The second kappa shape index (κ2) is 10.2. The molecule has 0 bridgehead atoms. The Morgan fingerprint density at radius 2 is 2.06 bits per heavy atom. The van der Waals surface area contributed by atoms with E-state index in [2.05, 4.69) is 6.92 Å². The van der Waals surface area contributed by atoms with Crippen LogP contribution in [-0.4, -0.2) is 46.1 Å². The SMILES string of the molecule is CC(CO)CO[Si]1(CCC[S-])OCC(C)CO1.[Na+]. The van der Waals surface area contributed by atoms with Crippen molar-refractivity contribution in [2.24, 2.45) is 11.8 Å². The maximum absolute atomic E-state index is 9.00. The van der Waals surface area contributed by atoms with Crippen LogP contribution in [0.3, 0.4) is 0 Å². The third-order valence-electron chi connectivity index (χ3n) is 2.70. The van der Waals surface area contributed by atoms with E-state index in [-0.39, 0.29) is 42.1 Å². The summed E-state index contributed by atoms with van der Waals surface area (Å²) in [4.78, 5) is 0. The third kappa shape index (κ3) is 6.72. The minimum absolute atomic E-state index is 0. The summed E-state index contributed by atoms with van der Waals surface area (Å²) in [5.41, 5.74) is 0. The largest absolute Gasteiger partial charge is 1.00 e. The molecule has 1 fully saturated rings. The first-order valence-electron chi connectivity index (χ1n) is 6.22. The molecule has 1 heterocycles. The van der Waals surface area contributed by atoms with Gasteiger partial charge in [0.25, 0.3) is 0 Å². The van der Waals surface area contributed by atoms with Gasteiger partial charge in [0.1, 0.15) is 0 Å². The van der Waals surface area contributed by atoms with Gasteiger partial charge >= 0.3 is 38.4 Å². The molecule has 18 heavy (non-hydrogen) atoms. The van der Waals surface area contributed by atoms with Crippen LogP contribution in [0.4, 0.5) is 0 Å². The fourth-order valence-corrected chi connectivity index (χ4v) is 4.85. The summed E-state index contributed by atoms with van der Waals surface area (Å²) in [6, 6.07) is 0.793. The molecule has 0 saturated carbocycles.